The normalized spacial score (nSPS) is 20.9. The van der Waals surface area contributed by atoms with Gasteiger partial charge < -0.3 is 9.80 Å². The van der Waals surface area contributed by atoms with Crippen molar-refractivity contribution in [3.8, 4) is 0 Å². The molecule has 0 amide bonds. The van der Waals surface area contributed by atoms with Crippen molar-refractivity contribution >= 4 is 34.7 Å². The number of nitrogens with zero attached hydrogens (tertiary/aromatic N) is 3. The molecule has 4 rings (SSSR count). The maximum atomic E-state index is 6.33. The van der Waals surface area contributed by atoms with Crippen LogP contribution >= 0.6 is 23.2 Å². The van der Waals surface area contributed by atoms with Crippen molar-refractivity contribution in [2.75, 3.05) is 32.1 Å². The fraction of sp³-hybridized carbons (Fsp3) is 0.409. The predicted molar refractivity (Wildman–Crippen MR) is 115 cm³/mol. The van der Waals surface area contributed by atoms with E-state index in [1.807, 2.05) is 18.2 Å². The SMILES string of the molecule is CN1CCC2(CC1)Cc1cc(Cl)c(Cl)cc1N(C)C2=NCc1ccccc1. The number of piperidine rings is 1. The third-order valence-corrected chi connectivity index (χ3v) is 6.72. The Labute approximate surface area is 171 Å². The highest BCUT2D eigenvalue weighted by molar-refractivity contribution is 6.42. The Morgan fingerprint density at radius 1 is 1.00 bits per heavy atom. The van der Waals surface area contributed by atoms with Gasteiger partial charge in [0.25, 0.3) is 0 Å². The minimum Gasteiger partial charge on any atom is -0.332 e. The number of fused-ring (bicyclic) bond motifs is 1. The van der Waals surface area contributed by atoms with Crippen LogP contribution in [0.15, 0.2) is 47.5 Å². The lowest BCUT2D eigenvalue weighted by Crippen LogP contribution is -2.52. The summed E-state index contributed by atoms with van der Waals surface area (Å²) in [5.74, 6) is 1.19. The Hall–Kier alpha value is -1.55. The molecule has 5 heteroatoms. The fourth-order valence-electron chi connectivity index (χ4n) is 4.42. The van der Waals surface area contributed by atoms with E-state index >= 15 is 0 Å². The molecule has 2 aliphatic heterocycles. The molecule has 0 saturated carbocycles. The molecule has 0 unspecified atom stereocenters. The van der Waals surface area contributed by atoms with Gasteiger partial charge in [-0.05, 0) is 62.7 Å². The average molecular weight is 402 g/mol. The quantitative estimate of drug-likeness (QED) is 0.679. The molecule has 0 radical (unpaired) electrons. The fourth-order valence-corrected chi connectivity index (χ4v) is 4.76. The van der Waals surface area contributed by atoms with E-state index in [0.29, 0.717) is 16.6 Å². The van der Waals surface area contributed by atoms with Crippen molar-refractivity contribution in [3.63, 3.8) is 0 Å². The van der Waals surface area contributed by atoms with Gasteiger partial charge in [-0.3, -0.25) is 4.99 Å². The summed E-state index contributed by atoms with van der Waals surface area (Å²) in [5.41, 5.74) is 3.71. The van der Waals surface area contributed by atoms with E-state index in [4.69, 9.17) is 28.2 Å². The second-order valence-electron chi connectivity index (χ2n) is 7.84. The molecular formula is C22H25Cl2N3. The smallest absolute Gasteiger partial charge is 0.110 e. The lowest BCUT2D eigenvalue weighted by Gasteiger charge is -2.48. The molecule has 0 atom stereocenters. The Balaban J connectivity index is 1.76. The molecule has 0 aromatic heterocycles. The molecule has 0 aliphatic carbocycles. The van der Waals surface area contributed by atoms with Crippen LogP contribution in [0, 0.1) is 5.41 Å². The minimum absolute atomic E-state index is 0.0696. The molecule has 2 heterocycles. The highest BCUT2D eigenvalue weighted by atomic mass is 35.5. The van der Waals surface area contributed by atoms with Crippen LogP contribution in [0.2, 0.25) is 10.0 Å². The number of anilines is 1. The van der Waals surface area contributed by atoms with Gasteiger partial charge in [-0.25, -0.2) is 0 Å². The number of amidine groups is 1. The zero-order valence-electron chi connectivity index (χ0n) is 15.9. The Morgan fingerprint density at radius 2 is 1.67 bits per heavy atom. The monoisotopic (exact) mass is 401 g/mol. The highest BCUT2D eigenvalue weighted by Crippen LogP contribution is 2.46. The Kier molecular flexibility index (Phi) is 5.19. The zero-order chi connectivity index (χ0) is 19.0. The second-order valence-corrected chi connectivity index (χ2v) is 8.65. The zero-order valence-corrected chi connectivity index (χ0v) is 17.4. The predicted octanol–water partition coefficient (Wildman–Crippen LogP) is 5.30. The van der Waals surface area contributed by atoms with Crippen molar-refractivity contribution in [3.05, 3.63) is 63.6 Å². The van der Waals surface area contributed by atoms with E-state index in [1.165, 1.54) is 17.0 Å². The van der Waals surface area contributed by atoms with Gasteiger partial charge in [0.2, 0.25) is 0 Å². The summed E-state index contributed by atoms with van der Waals surface area (Å²) < 4.78 is 0. The number of rotatable bonds is 2. The lowest BCUT2D eigenvalue weighted by molar-refractivity contribution is 0.176. The molecule has 0 bridgehead atoms. The van der Waals surface area contributed by atoms with Crippen LogP contribution in [0.25, 0.3) is 0 Å². The van der Waals surface area contributed by atoms with Crippen molar-refractivity contribution in [2.45, 2.75) is 25.8 Å². The number of hydrogen-bond acceptors (Lipinski definition) is 2. The van der Waals surface area contributed by atoms with E-state index < -0.39 is 0 Å². The maximum absolute atomic E-state index is 6.33. The van der Waals surface area contributed by atoms with Crippen LogP contribution in [0.5, 0.6) is 0 Å². The molecule has 2 aliphatic rings. The molecule has 1 spiro atoms. The average Bonchev–Trinajstić information content (AvgIpc) is 2.67. The van der Waals surface area contributed by atoms with Crippen molar-refractivity contribution < 1.29 is 0 Å². The summed E-state index contributed by atoms with van der Waals surface area (Å²) in [6.45, 7) is 2.89. The summed E-state index contributed by atoms with van der Waals surface area (Å²) in [5, 5.41) is 1.24. The first-order chi connectivity index (χ1) is 13.0. The van der Waals surface area contributed by atoms with E-state index in [-0.39, 0.29) is 5.41 Å². The molecule has 1 saturated heterocycles. The van der Waals surface area contributed by atoms with Crippen LogP contribution in [-0.4, -0.2) is 37.9 Å². The van der Waals surface area contributed by atoms with Gasteiger partial charge in [0.15, 0.2) is 0 Å². The van der Waals surface area contributed by atoms with Gasteiger partial charge in [-0.2, -0.15) is 0 Å². The van der Waals surface area contributed by atoms with E-state index in [0.717, 1.165) is 38.0 Å². The van der Waals surface area contributed by atoms with Gasteiger partial charge in [0, 0.05) is 18.2 Å². The van der Waals surface area contributed by atoms with Crippen LogP contribution in [0.4, 0.5) is 5.69 Å². The number of aliphatic imine (C=N–C) groups is 1. The van der Waals surface area contributed by atoms with E-state index in [2.05, 4.69) is 48.2 Å². The molecule has 2 aromatic carbocycles. The van der Waals surface area contributed by atoms with E-state index in [9.17, 15) is 0 Å². The van der Waals surface area contributed by atoms with Crippen LogP contribution < -0.4 is 4.90 Å². The molecule has 0 N–H and O–H groups in total. The third kappa shape index (κ3) is 3.61. The van der Waals surface area contributed by atoms with Gasteiger partial charge in [-0.15, -0.1) is 0 Å². The molecule has 27 heavy (non-hydrogen) atoms. The first-order valence-electron chi connectivity index (χ1n) is 9.48. The summed E-state index contributed by atoms with van der Waals surface area (Å²) in [4.78, 5) is 9.79. The lowest BCUT2D eigenvalue weighted by atomic mass is 9.70. The second kappa shape index (κ2) is 7.46. The third-order valence-electron chi connectivity index (χ3n) is 6.00. The number of likely N-dealkylation sites (tertiary alicyclic amines) is 1. The van der Waals surface area contributed by atoms with Crippen LogP contribution in [0.1, 0.15) is 24.0 Å². The molecule has 2 aromatic rings. The first-order valence-corrected chi connectivity index (χ1v) is 10.2. The van der Waals surface area contributed by atoms with E-state index in [1.54, 1.807) is 0 Å². The standard InChI is InChI=1S/C22H25Cl2N3/c1-26-10-8-22(9-11-26)14-17-12-18(23)19(24)13-20(17)27(2)21(22)25-15-16-6-4-3-5-7-16/h3-7,12-13H,8-11,14-15H2,1-2H3. The van der Waals surface area contributed by atoms with Crippen LogP contribution in [-0.2, 0) is 13.0 Å². The van der Waals surface area contributed by atoms with Gasteiger partial charge in [0.1, 0.15) is 5.84 Å². The Morgan fingerprint density at radius 3 is 2.37 bits per heavy atom. The largest absolute Gasteiger partial charge is 0.332 e. The number of halogens is 2. The summed E-state index contributed by atoms with van der Waals surface area (Å²) >= 11 is 12.7. The number of hydrogen-bond donors (Lipinski definition) is 0. The molecule has 1 fully saturated rings. The van der Waals surface area contributed by atoms with Crippen LogP contribution in [0.3, 0.4) is 0 Å². The summed E-state index contributed by atoms with van der Waals surface area (Å²) in [6, 6.07) is 14.5. The molecule has 142 valence electrons. The molecular weight excluding hydrogens is 377 g/mol. The Bertz CT molecular complexity index is 855. The minimum atomic E-state index is 0.0696. The van der Waals surface area contributed by atoms with Gasteiger partial charge in [0.05, 0.1) is 16.6 Å². The first kappa shape index (κ1) is 18.8. The maximum Gasteiger partial charge on any atom is 0.110 e. The van der Waals surface area contributed by atoms with Crippen molar-refractivity contribution in [1.82, 2.24) is 4.90 Å². The van der Waals surface area contributed by atoms with Crippen molar-refractivity contribution in [2.24, 2.45) is 10.4 Å². The topological polar surface area (TPSA) is 18.8 Å². The van der Waals surface area contributed by atoms with Crippen molar-refractivity contribution in [1.29, 1.82) is 0 Å². The highest BCUT2D eigenvalue weighted by Gasteiger charge is 2.44. The molecule has 3 nitrogen and oxygen atoms in total. The number of benzene rings is 2. The summed E-state index contributed by atoms with van der Waals surface area (Å²) in [7, 11) is 4.32. The van der Waals surface area contributed by atoms with Gasteiger partial charge >= 0.3 is 0 Å². The van der Waals surface area contributed by atoms with Gasteiger partial charge in [-0.1, -0.05) is 53.5 Å². The summed E-state index contributed by atoms with van der Waals surface area (Å²) in [6.07, 6.45) is 3.20.